The Morgan fingerprint density at radius 3 is 2.60 bits per heavy atom. The predicted molar refractivity (Wildman–Crippen MR) is 160 cm³/mol. The lowest BCUT2D eigenvalue weighted by atomic mass is 9.84. The molecule has 40 heavy (non-hydrogen) atoms. The molecule has 0 radical (unpaired) electrons. The maximum Gasteiger partial charge on any atom is 0.253 e. The average molecular weight is 572 g/mol. The summed E-state index contributed by atoms with van der Waals surface area (Å²) in [5, 5.41) is 1.79. The third-order valence-electron chi connectivity index (χ3n) is 8.05. The lowest BCUT2D eigenvalue weighted by molar-refractivity contribution is -0.0136. The molecule has 3 aromatic carbocycles. The van der Waals surface area contributed by atoms with Gasteiger partial charge in [-0.15, -0.1) is 0 Å². The number of halogens is 1. The second kappa shape index (κ2) is 10.5. The van der Waals surface area contributed by atoms with E-state index < -0.39 is 0 Å². The van der Waals surface area contributed by atoms with E-state index >= 15 is 0 Å². The third-order valence-corrected chi connectivity index (χ3v) is 9.36. The Bertz CT molecular complexity index is 1590. The first-order valence-corrected chi connectivity index (χ1v) is 15.0. The van der Waals surface area contributed by atoms with Crippen LogP contribution in [0.1, 0.15) is 33.5 Å². The molecule has 0 saturated carbocycles. The number of aryl methyl sites for hydroxylation is 1. The van der Waals surface area contributed by atoms with Crippen molar-refractivity contribution in [2.75, 3.05) is 31.1 Å². The second-order valence-electron chi connectivity index (χ2n) is 11.1. The van der Waals surface area contributed by atoms with Gasteiger partial charge in [0.2, 0.25) is 6.29 Å². The number of carbonyl (C=O) groups is 1. The van der Waals surface area contributed by atoms with E-state index in [0.717, 1.165) is 69.7 Å². The molecule has 1 aromatic heterocycles. The van der Waals surface area contributed by atoms with Crippen molar-refractivity contribution in [2.45, 2.75) is 26.1 Å². The Hall–Kier alpha value is -3.55. The van der Waals surface area contributed by atoms with E-state index in [1.165, 1.54) is 5.56 Å². The monoisotopic (exact) mass is 571 g/mol. The lowest BCUT2D eigenvalue weighted by Crippen LogP contribution is -2.54. The van der Waals surface area contributed by atoms with Crippen molar-refractivity contribution in [3.63, 3.8) is 0 Å². The van der Waals surface area contributed by atoms with E-state index in [9.17, 15) is 4.79 Å². The Labute approximate surface area is 242 Å². The summed E-state index contributed by atoms with van der Waals surface area (Å²) in [5.41, 5.74) is 4.84. The number of rotatable bonds is 5. The first kappa shape index (κ1) is 25.4. The van der Waals surface area contributed by atoms with Gasteiger partial charge in [-0.3, -0.25) is 4.79 Å². The summed E-state index contributed by atoms with van der Waals surface area (Å²) >= 11 is 7.89. The number of carbonyl (C=O) groups excluding carboxylic acids is 1. The number of benzene rings is 3. The van der Waals surface area contributed by atoms with Gasteiger partial charge in [0, 0.05) is 48.7 Å². The molecule has 6 nitrogen and oxygen atoms in total. The van der Waals surface area contributed by atoms with Crippen molar-refractivity contribution in [3.8, 4) is 0 Å². The Balaban J connectivity index is 0.998. The molecule has 0 aliphatic carbocycles. The lowest BCUT2D eigenvalue weighted by Gasteiger charge is -2.45. The van der Waals surface area contributed by atoms with E-state index in [0.29, 0.717) is 24.0 Å². The number of thiazole rings is 1. The van der Waals surface area contributed by atoms with Crippen LogP contribution < -0.4 is 4.90 Å². The highest BCUT2D eigenvalue weighted by Crippen LogP contribution is 2.37. The molecule has 0 spiro atoms. The van der Waals surface area contributed by atoms with Crippen LogP contribution in [0.2, 0.25) is 5.02 Å². The number of nitrogens with zero attached hydrogens (tertiary/aromatic N) is 3. The average Bonchev–Trinajstić information content (AvgIpc) is 3.59. The van der Waals surface area contributed by atoms with Gasteiger partial charge in [-0.05, 0) is 66.6 Å². The van der Waals surface area contributed by atoms with E-state index in [2.05, 4.69) is 17.0 Å². The molecule has 2 fully saturated rings. The summed E-state index contributed by atoms with van der Waals surface area (Å²) in [4.78, 5) is 22.9. The van der Waals surface area contributed by atoms with Crippen molar-refractivity contribution in [2.24, 2.45) is 11.8 Å². The molecule has 3 unspecified atom stereocenters. The molecule has 204 valence electrons. The number of likely N-dealkylation sites (tertiary alicyclic amines) is 1. The topological polar surface area (TPSA) is 54.9 Å². The van der Waals surface area contributed by atoms with Gasteiger partial charge >= 0.3 is 0 Å². The van der Waals surface area contributed by atoms with Crippen LogP contribution in [0.3, 0.4) is 0 Å². The van der Waals surface area contributed by atoms with Gasteiger partial charge in [0.15, 0.2) is 10.9 Å². The maximum atomic E-state index is 13.6. The minimum Gasteiger partial charge on any atom is -0.458 e. The number of hydrogen-bond donors (Lipinski definition) is 0. The number of fused-ring (bicyclic) bond motifs is 3. The molecular weight excluding hydrogens is 542 g/mol. The largest absolute Gasteiger partial charge is 0.458 e. The minimum absolute atomic E-state index is 0.104. The fourth-order valence-corrected chi connectivity index (χ4v) is 7.50. The Morgan fingerprint density at radius 1 is 1.02 bits per heavy atom. The summed E-state index contributed by atoms with van der Waals surface area (Å²) in [6, 6.07) is 21.9. The summed E-state index contributed by atoms with van der Waals surface area (Å²) in [6.45, 7) is 5.40. The fourth-order valence-electron chi connectivity index (χ4n) is 6.24. The third kappa shape index (κ3) is 5.04. The second-order valence-corrected chi connectivity index (χ2v) is 12.5. The number of anilines is 1. The molecular formula is C32H30ClN3O3S. The number of ether oxygens (including phenoxy) is 2. The number of hydrogen-bond acceptors (Lipinski definition) is 6. The molecule has 4 heterocycles. The van der Waals surface area contributed by atoms with Crippen LogP contribution in [0.15, 0.2) is 73.0 Å². The van der Waals surface area contributed by atoms with Crippen LogP contribution in [-0.2, 0) is 15.9 Å². The molecule has 8 heteroatoms. The van der Waals surface area contributed by atoms with Crippen LogP contribution >= 0.6 is 22.9 Å². The Morgan fingerprint density at radius 2 is 1.82 bits per heavy atom. The van der Waals surface area contributed by atoms with E-state index in [4.69, 9.17) is 26.1 Å². The van der Waals surface area contributed by atoms with Gasteiger partial charge in [0.25, 0.3) is 5.91 Å². The fraction of sp³-hybridized carbons (Fsp3) is 0.312. The molecule has 0 N–H and O–H groups in total. The van der Waals surface area contributed by atoms with Crippen molar-refractivity contribution in [1.29, 1.82) is 0 Å². The molecule has 3 atom stereocenters. The molecule has 2 saturated heterocycles. The molecule has 1 amide bonds. The van der Waals surface area contributed by atoms with E-state index in [1.807, 2.05) is 66.4 Å². The summed E-state index contributed by atoms with van der Waals surface area (Å²) in [6.07, 6.45) is 3.18. The van der Waals surface area contributed by atoms with Crippen molar-refractivity contribution < 1.29 is 14.3 Å². The molecule has 3 aliphatic rings. The van der Waals surface area contributed by atoms with Gasteiger partial charge in [-0.1, -0.05) is 59.3 Å². The SMILES string of the molecule is Cc1cc(C(=O)N2CC3CC(C2)CN(c2nc4ccc(Cl)cc4s2)C3)ccc1C1=COC(Cc2ccccc2)O1. The van der Waals surface area contributed by atoms with Crippen LogP contribution in [0.25, 0.3) is 16.0 Å². The molecule has 4 aromatic rings. The zero-order chi connectivity index (χ0) is 27.2. The molecule has 3 aliphatic heterocycles. The zero-order valence-corrected chi connectivity index (χ0v) is 23.8. The minimum atomic E-state index is -0.342. The number of aromatic nitrogens is 1. The van der Waals surface area contributed by atoms with Crippen molar-refractivity contribution >= 4 is 50.0 Å². The number of amides is 1. The predicted octanol–water partition coefficient (Wildman–Crippen LogP) is 6.77. The van der Waals surface area contributed by atoms with Crippen molar-refractivity contribution in [3.05, 3.63) is 100 Å². The maximum absolute atomic E-state index is 13.6. The van der Waals surface area contributed by atoms with E-state index in [-0.39, 0.29) is 12.2 Å². The standard InChI is InChI=1S/C32H30ClN3O3S/c1-20-11-24(7-9-26(20)28-19-38-30(39-28)13-21-5-3-2-4-6-21)31(37)35-15-22-12-23(16-35)18-36(17-22)32-34-27-10-8-25(33)14-29(27)40-32/h2-11,14,19,22-23,30H,12-13,15-18H2,1H3. The van der Waals surface area contributed by atoms with Crippen LogP contribution in [0.4, 0.5) is 5.13 Å². The van der Waals surface area contributed by atoms with Gasteiger partial charge in [-0.25, -0.2) is 4.98 Å². The van der Waals surface area contributed by atoms with Gasteiger partial charge < -0.3 is 19.3 Å². The van der Waals surface area contributed by atoms with Gasteiger partial charge in [0.1, 0.15) is 6.26 Å². The van der Waals surface area contributed by atoms with Crippen molar-refractivity contribution in [1.82, 2.24) is 9.88 Å². The van der Waals surface area contributed by atoms with Gasteiger partial charge in [0.05, 0.1) is 10.2 Å². The summed E-state index contributed by atoms with van der Waals surface area (Å²) in [7, 11) is 0. The smallest absolute Gasteiger partial charge is 0.253 e. The highest BCUT2D eigenvalue weighted by Gasteiger charge is 2.37. The van der Waals surface area contributed by atoms with Gasteiger partial charge in [-0.2, -0.15) is 0 Å². The van der Waals surface area contributed by atoms with Crippen LogP contribution in [0, 0.1) is 18.8 Å². The van der Waals surface area contributed by atoms with E-state index in [1.54, 1.807) is 17.6 Å². The molecule has 2 bridgehead atoms. The molecule has 7 rings (SSSR count). The normalized spacial score (nSPS) is 22.1. The Kier molecular flexibility index (Phi) is 6.64. The highest BCUT2D eigenvalue weighted by molar-refractivity contribution is 7.22. The number of piperidine rings is 2. The first-order chi connectivity index (χ1) is 19.5. The van der Waals surface area contributed by atoms with Crippen LogP contribution in [0.5, 0.6) is 0 Å². The van der Waals surface area contributed by atoms with Crippen LogP contribution in [-0.4, -0.2) is 48.3 Å². The quantitative estimate of drug-likeness (QED) is 0.264. The first-order valence-electron chi connectivity index (χ1n) is 13.8. The zero-order valence-electron chi connectivity index (χ0n) is 22.3. The summed E-state index contributed by atoms with van der Waals surface area (Å²) < 4.78 is 13.0. The summed E-state index contributed by atoms with van der Waals surface area (Å²) in [5.74, 6) is 1.68. The highest BCUT2D eigenvalue weighted by atomic mass is 35.5.